The van der Waals surface area contributed by atoms with Gasteiger partial charge in [-0.05, 0) is 49.9 Å². The van der Waals surface area contributed by atoms with Crippen molar-refractivity contribution in [2.45, 2.75) is 38.6 Å². The number of ether oxygens (including phenoxy) is 1. The molecule has 1 N–H and O–H groups in total. The third-order valence-corrected chi connectivity index (χ3v) is 3.12. The Morgan fingerprint density at radius 2 is 2.26 bits per heavy atom. The van der Waals surface area contributed by atoms with E-state index in [1.165, 1.54) is 13.2 Å². The number of unbranched alkanes of at least 4 members (excludes halogenated alkanes) is 1. The van der Waals surface area contributed by atoms with Gasteiger partial charge in [0.2, 0.25) is 0 Å². The molecule has 1 rings (SSSR count). The first-order chi connectivity index (χ1) is 9.22. The molecule has 1 aromatic rings. The first-order valence-corrected chi connectivity index (χ1v) is 6.90. The molecule has 0 aliphatic heterocycles. The van der Waals surface area contributed by atoms with Crippen LogP contribution in [0.5, 0.6) is 5.75 Å². The molecule has 0 heterocycles. The highest BCUT2D eigenvalue weighted by Gasteiger charge is 2.13. The van der Waals surface area contributed by atoms with Gasteiger partial charge in [-0.1, -0.05) is 19.1 Å². The number of allylic oxidation sites excluding steroid dienone is 1. The van der Waals surface area contributed by atoms with Crippen molar-refractivity contribution in [1.29, 1.82) is 0 Å². The van der Waals surface area contributed by atoms with Gasteiger partial charge < -0.3 is 10.1 Å². The van der Waals surface area contributed by atoms with Gasteiger partial charge in [-0.25, -0.2) is 4.39 Å². The number of halogens is 1. The Kier molecular flexibility index (Phi) is 7.19. The lowest BCUT2D eigenvalue weighted by atomic mass is 10.0. The summed E-state index contributed by atoms with van der Waals surface area (Å²) in [5.74, 6) is -0.00361. The molecule has 0 saturated carbocycles. The highest BCUT2D eigenvalue weighted by atomic mass is 19.1. The van der Waals surface area contributed by atoms with Crippen molar-refractivity contribution in [3.05, 3.63) is 42.2 Å². The Hall–Kier alpha value is -1.35. The number of nitrogens with one attached hydrogen (secondary N) is 1. The van der Waals surface area contributed by atoms with Crippen molar-refractivity contribution >= 4 is 0 Å². The number of methoxy groups -OCH3 is 1. The van der Waals surface area contributed by atoms with Gasteiger partial charge in [0, 0.05) is 6.04 Å². The summed E-state index contributed by atoms with van der Waals surface area (Å²) in [5, 5.41) is 3.50. The van der Waals surface area contributed by atoms with Gasteiger partial charge in [-0.3, -0.25) is 0 Å². The second-order valence-electron chi connectivity index (χ2n) is 4.62. The highest BCUT2D eigenvalue weighted by molar-refractivity contribution is 5.32. The standard InChI is InChI=1S/C16H24FNO/c1-4-6-7-8-15(18-11-5-2)13-9-10-14(17)16(12-13)19-3/h4,9-10,12,15,18H,1,5-8,11H2,2-3H3. The summed E-state index contributed by atoms with van der Waals surface area (Å²) < 4.78 is 18.5. The first kappa shape index (κ1) is 15.7. The molecule has 0 aliphatic rings. The average Bonchev–Trinajstić information content (AvgIpc) is 2.43. The zero-order chi connectivity index (χ0) is 14.1. The summed E-state index contributed by atoms with van der Waals surface area (Å²) >= 11 is 0. The number of hydrogen-bond acceptors (Lipinski definition) is 2. The van der Waals surface area contributed by atoms with Crippen LogP contribution in [0.1, 0.15) is 44.2 Å². The second-order valence-corrected chi connectivity index (χ2v) is 4.62. The second kappa shape index (κ2) is 8.70. The molecule has 0 spiro atoms. The zero-order valence-electron chi connectivity index (χ0n) is 11.9. The van der Waals surface area contributed by atoms with Crippen molar-refractivity contribution in [3.8, 4) is 5.75 Å². The maximum absolute atomic E-state index is 13.4. The molecule has 19 heavy (non-hydrogen) atoms. The van der Waals surface area contributed by atoms with Crippen LogP contribution in [0.2, 0.25) is 0 Å². The lowest BCUT2D eigenvalue weighted by Gasteiger charge is -2.19. The predicted octanol–water partition coefficient (Wildman–Crippen LogP) is 4.23. The van der Waals surface area contributed by atoms with E-state index in [1.807, 2.05) is 12.1 Å². The van der Waals surface area contributed by atoms with Crippen LogP contribution in [-0.2, 0) is 0 Å². The van der Waals surface area contributed by atoms with E-state index >= 15 is 0 Å². The zero-order valence-corrected chi connectivity index (χ0v) is 11.9. The monoisotopic (exact) mass is 265 g/mol. The predicted molar refractivity (Wildman–Crippen MR) is 78.0 cm³/mol. The molecule has 3 heteroatoms. The number of rotatable bonds is 9. The molecular formula is C16H24FNO. The molecule has 0 bridgehead atoms. The van der Waals surface area contributed by atoms with Gasteiger partial charge in [0.1, 0.15) is 0 Å². The van der Waals surface area contributed by atoms with E-state index in [1.54, 1.807) is 6.07 Å². The van der Waals surface area contributed by atoms with Crippen LogP contribution in [-0.4, -0.2) is 13.7 Å². The molecule has 1 unspecified atom stereocenters. The van der Waals surface area contributed by atoms with E-state index in [9.17, 15) is 4.39 Å². The molecule has 0 amide bonds. The molecule has 1 atom stereocenters. The Morgan fingerprint density at radius 3 is 2.89 bits per heavy atom. The third kappa shape index (κ3) is 5.03. The summed E-state index contributed by atoms with van der Waals surface area (Å²) in [7, 11) is 1.49. The smallest absolute Gasteiger partial charge is 0.165 e. The van der Waals surface area contributed by atoms with Crippen molar-refractivity contribution in [2.24, 2.45) is 0 Å². The van der Waals surface area contributed by atoms with Crippen LogP contribution in [0, 0.1) is 5.82 Å². The fourth-order valence-corrected chi connectivity index (χ4v) is 2.06. The molecule has 106 valence electrons. The average molecular weight is 265 g/mol. The van der Waals surface area contributed by atoms with Crippen LogP contribution in [0.4, 0.5) is 4.39 Å². The van der Waals surface area contributed by atoms with E-state index in [-0.39, 0.29) is 11.9 Å². The van der Waals surface area contributed by atoms with Crippen molar-refractivity contribution in [3.63, 3.8) is 0 Å². The first-order valence-electron chi connectivity index (χ1n) is 6.90. The van der Waals surface area contributed by atoms with Gasteiger partial charge in [-0.2, -0.15) is 0 Å². The summed E-state index contributed by atoms with van der Waals surface area (Å²) in [6.07, 6.45) is 6.10. The number of hydrogen-bond donors (Lipinski definition) is 1. The van der Waals surface area contributed by atoms with E-state index in [4.69, 9.17) is 4.74 Å². The van der Waals surface area contributed by atoms with Gasteiger partial charge in [0.25, 0.3) is 0 Å². The van der Waals surface area contributed by atoms with Crippen LogP contribution in [0.25, 0.3) is 0 Å². The van der Waals surface area contributed by atoms with Crippen molar-refractivity contribution in [1.82, 2.24) is 5.32 Å². The SMILES string of the molecule is C=CCCCC(NCCC)c1ccc(F)c(OC)c1. The largest absolute Gasteiger partial charge is 0.494 e. The van der Waals surface area contributed by atoms with E-state index < -0.39 is 0 Å². The van der Waals surface area contributed by atoms with Crippen molar-refractivity contribution < 1.29 is 9.13 Å². The molecule has 0 aromatic heterocycles. The Balaban J connectivity index is 2.79. The van der Waals surface area contributed by atoms with E-state index in [0.717, 1.165) is 37.8 Å². The quantitative estimate of drug-likeness (QED) is 0.533. The normalized spacial score (nSPS) is 12.2. The van der Waals surface area contributed by atoms with Crippen LogP contribution in [0.15, 0.2) is 30.9 Å². The molecule has 1 aromatic carbocycles. The Bertz CT molecular complexity index is 392. The van der Waals surface area contributed by atoms with Crippen LogP contribution >= 0.6 is 0 Å². The Labute approximate surface area is 115 Å². The topological polar surface area (TPSA) is 21.3 Å². The summed E-state index contributed by atoms with van der Waals surface area (Å²) in [6.45, 7) is 6.84. The maximum atomic E-state index is 13.4. The van der Waals surface area contributed by atoms with Gasteiger partial charge in [-0.15, -0.1) is 6.58 Å². The molecule has 0 saturated heterocycles. The van der Waals surface area contributed by atoms with Gasteiger partial charge in [0.05, 0.1) is 7.11 Å². The summed E-state index contributed by atoms with van der Waals surface area (Å²) in [5.41, 5.74) is 1.08. The molecule has 0 fully saturated rings. The van der Waals surface area contributed by atoms with Gasteiger partial charge >= 0.3 is 0 Å². The molecule has 0 radical (unpaired) electrons. The lowest BCUT2D eigenvalue weighted by molar-refractivity contribution is 0.384. The maximum Gasteiger partial charge on any atom is 0.165 e. The van der Waals surface area contributed by atoms with Crippen LogP contribution in [0.3, 0.4) is 0 Å². The highest BCUT2D eigenvalue weighted by Crippen LogP contribution is 2.25. The van der Waals surface area contributed by atoms with Crippen LogP contribution < -0.4 is 10.1 Å². The minimum Gasteiger partial charge on any atom is -0.494 e. The summed E-state index contributed by atoms with van der Waals surface area (Å²) in [4.78, 5) is 0. The fraction of sp³-hybridized carbons (Fsp3) is 0.500. The lowest BCUT2D eigenvalue weighted by Crippen LogP contribution is -2.22. The van der Waals surface area contributed by atoms with E-state index in [2.05, 4.69) is 18.8 Å². The minimum absolute atomic E-state index is 0.245. The summed E-state index contributed by atoms with van der Waals surface area (Å²) in [6, 6.07) is 5.34. The molecule has 0 aliphatic carbocycles. The van der Waals surface area contributed by atoms with Gasteiger partial charge in [0.15, 0.2) is 11.6 Å². The Morgan fingerprint density at radius 1 is 1.47 bits per heavy atom. The van der Waals surface area contributed by atoms with Crippen molar-refractivity contribution in [2.75, 3.05) is 13.7 Å². The number of benzene rings is 1. The third-order valence-electron chi connectivity index (χ3n) is 3.12. The molecule has 2 nitrogen and oxygen atoms in total. The minimum atomic E-state index is -0.313. The van der Waals surface area contributed by atoms with E-state index in [0.29, 0.717) is 5.75 Å². The molecular weight excluding hydrogens is 241 g/mol. The fourth-order valence-electron chi connectivity index (χ4n) is 2.06.